The van der Waals surface area contributed by atoms with E-state index in [-0.39, 0.29) is 10.7 Å². The van der Waals surface area contributed by atoms with Crippen LogP contribution >= 0.6 is 23.2 Å². The summed E-state index contributed by atoms with van der Waals surface area (Å²) >= 11 is 12.2. The highest BCUT2D eigenvalue weighted by molar-refractivity contribution is 6.39. The lowest BCUT2D eigenvalue weighted by Crippen LogP contribution is -2.33. The van der Waals surface area contributed by atoms with E-state index in [0.717, 1.165) is 4.90 Å². The molecule has 7 nitrogen and oxygen atoms in total. The fourth-order valence-electron chi connectivity index (χ4n) is 3.31. The van der Waals surface area contributed by atoms with E-state index < -0.39 is 23.8 Å². The number of oxime groups is 1. The smallest absolute Gasteiger partial charge is 0.279 e. The van der Waals surface area contributed by atoms with Crippen molar-refractivity contribution in [1.82, 2.24) is 0 Å². The van der Waals surface area contributed by atoms with Crippen molar-refractivity contribution in [2.45, 2.75) is 6.10 Å². The molecule has 9 heteroatoms. The molecule has 0 N–H and O–H groups in total. The summed E-state index contributed by atoms with van der Waals surface area (Å²) in [6.07, 6.45) is -1.05. The lowest BCUT2D eigenvalue weighted by atomic mass is 9.94. The van der Waals surface area contributed by atoms with E-state index in [1.807, 2.05) is 0 Å². The van der Waals surface area contributed by atoms with E-state index in [2.05, 4.69) is 5.16 Å². The van der Waals surface area contributed by atoms with E-state index in [4.69, 9.17) is 37.5 Å². The van der Waals surface area contributed by atoms with Crippen molar-refractivity contribution >= 4 is 46.4 Å². The minimum Gasteiger partial charge on any atom is -0.493 e. The lowest BCUT2D eigenvalue weighted by molar-refractivity contribution is -0.126. The highest BCUT2D eigenvalue weighted by Crippen LogP contribution is 2.39. The third-order valence-electron chi connectivity index (χ3n) is 4.64. The number of imide groups is 1. The number of nitrogens with zero attached hydrogens (tertiary/aromatic N) is 2. The molecule has 4 rings (SSSR count). The highest BCUT2D eigenvalue weighted by atomic mass is 35.5. The van der Waals surface area contributed by atoms with Gasteiger partial charge in [-0.2, -0.15) is 0 Å². The van der Waals surface area contributed by atoms with Gasteiger partial charge in [-0.15, -0.1) is 0 Å². The van der Waals surface area contributed by atoms with Crippen molar-refractivity contribution in [1.29, 1.82) is 0 Å². The normalized spacial score (nSPS) is 20.7. The van der Waals surface area contributed by atoms with Crippen molar-refractivity contribution in [3.8, 4) is 11.5 Å². The zero-order valence-corrected chi connectivity index (χ0v) is 16.3. The molecule has 0 aromatic heterocycles. The van der Waals surface area contributed by atoms with Gasteiger partial charge in [0.1, 0.15) is 11.6 Å². The minimum atomic E-state index is -1.05. The Morgan fingerprint density at radius 2 is 1.75 bits per heavy atom. The standard InChI is InChI=1S/C19H14Cl2N2O5/c1-26-13-6-3-9(7-14(13)27-2)16-15-17(28-22-16)19(25)23(18(15)24)12-8-10(20)4-5-11(12)21/h3-8,15,17H,1-2H3/t15-,17+/m1/s1. The monoisotopic (exact) mass is 420 g/mol. The molecular formula is C19H14Cl2N2O5. The number of ether oxygens (including phenoxy) is 2. The maximum Gasteiger partial charge on any atom is 0.279 e. The second-order valence-corrected chi connectivity index (χ2v) is 7.00. The lowest BCUT2D eigenvalue weighted by Gasteiger charge is -2.17. The fraction of sp³-hybridized carbons (Fsp3) is 0.211. The Bertz CT molecular complexity index is 1020. The molecule has 0 unspecified atom stereocenters. The van der Waals surface area contributed by atoms with Gasteiger partial charge in [0.05, 0.1) is 24.9 Å². The quantitative estimate of drug-likeness (QED) is 0.709. The van der Waals surface area contributed by atoms with Crippen LogP contribution in [0.1, 0.15) is 5.56 Å². The molecule has 2 aliphatic heterocycles. The molecule has 2 aromatic rings. The summed E-state index contributed by atoms with van der Waals surface area (Å²) in [5.74, 6) is -0.912. The summed E-state index contributed by atoms with van der Waals surface area (Å²) in [5.41, 5.74) is 1.14. The molecule has 0 spiro atoms. The Labute approximate surface area is 170 Å². The van der Waals surface area contributed by atoms with Crippen LogP contribution in [0.2, 0.25) is 10.0 Å². The first-order valence-electron chi connectivity index (χ1n) is 8.25. The molecule has 0 aliphatic carbocycles. The molecule has 2 aromatic carbocycles. The Morgan fingerprint density at radius 3 is 2.46 bits per heavy atom. The number of benzene rings is 2. The summed E-state index contributed by atoms with van der Waals surface area (Å²) in [6, 6.07) is 9.66. The Balaban J connectivity index is 1.72. The van der Waals surface area contributed by atoms with Gasteiger partial charge in [0.25, 0.3) is 5.91 Å². The van der Waals surface area contributed by atoms with Crippen LogP contribution in [0.5, 0.6) is 11.5 Å². The van der Waals surface area contributed by atoms with Crippen molar-refractivity contribution < 1.29 is 23.9 Å². The van der Waals surface area contributed by atoms with E-state index in [0.29, 0.717) is 27.8 Å². The summed E-state index contributed by atoms with van der Waals surface area (Å²) in [5, 5.41) is 4.57. The Hall–Kier alpha value is -2.77. The third-order valence-corrected chi connectivity index (χ3v) is 5.20. The topological polar surface area (TPSA) is 77.4 Å². The molecule has 144 valence electrons. The van der Waals surface area contributed by atoms with Crippen LogP contribution in [-0.4, -0.2) is 37.8 Å². The van der Waals surface area contributed by atoms with Gasteiger partial charge in [0.2, 0.25) is 12.0 Å². The number of anilines is 1. The first kappa shape index (κ1) is 18.6. The number of fused-ring (bicyclic) bond motifs is 1. The minimum absolute atomic E-state index is 0.217. The molecular weight excluding hydrogens is 407 g/mol. The van der Waals surface area contributed by atoms with Gasteiger partial charge in [0, 0.05) is 10.6 Å². The SMILES string of the molecule is COc1ccc(C2=NO[C@@H]3C(=O)N(c4cc(Cl)ccc4Cl)C(=O)[C@H]23)cc1OC. The number of amides is 2. The van der Waals surface area contributed by atoms with Crippen LogP contribution in [0.3, 0.4) is 0 Å². The second-order valence-electron chi connectivity index (χ2n) is 6.16. The second kappa shape index (κ2) is 7.00. The number of methoxy groups -OCH3 is 2. The van der Waals surface area contributed by atoms with Crippen LogP contribution in [-0.2, 0) is 14.4 Å². The van der Waals surface area contributed by atoms with E-state index in [1.165, 1.54) is 26.4 Å². The van der Waals surface area contributed by atoms with Gasteiger partial charge in [-0.05, 0) is 36.4 Å². The number of hydrogen-bond donors (Lipinski definition) is 0. The van der Waals surface area contributed by atoms with Gasteiger partial charge in [-0.3, -0.25) is 9.59 Å². The van der Waals surface area contributed by atoms with Crippen LogP contribution in [0, 0.1) is 5.92 Å². The van der Waals surface area contributed by atoms with Crippen molar-refractivity contribution in [2.75, 3.05) is 19.1 Å². The fourth-order valence-corrected chi connectivity index (χ4v) is 3.67. The number of carbonyl (C=O) groups excluding carboxylic acids is 2. The van der Waals surface area contributed by atoms with Gasteiger partial charge < -0.3 is 14.3 Å². The van der Waals surface area contributed by atoms with E-state index in [1.54, 1.807) is 24.3 Å². The summed E-state index contributed by atoms with van der Waals surface area (Å²) in [6.45, 7) is 0. The van der Waals surface area contributed by atoms with E-state index >= 15 is 0 Å². The summed E-state index contributed by atoms with van der Waals surface area (Å²) < 4.78 is 10.5. The molecule has 0 radical (unpaired) electrons. The molecule has 2 aliphatic rings. The molecule has 1 saturated heterocycles. The highest BCUT2D eigenvalue weighted by Gasteiger charge is 2.56. The van der Waals surface area contributed by atoms with Crippen molar-refractivity contribution in [2.24, 2.45) is 11.1 Å². The predicted octanol–water partition coefficient (Wildman–Crippen LogP) is 3.30. The number of carbonyl (C=O) groups is 2. The number of halogens is 2. The first-order chi connectivity index (χ1) is 13.5. The van der Waals surface area contributed by atoms with Gasteiger partial charge in [-0.1, -0.05) is 28.4 Å². The molecule has 2 atom stereocenters. The van der Waals surface area contributed by atoms with E-state index in [9.17, 15) is 9.59 Å². The first-order valence-corrected chi connectivity index (χ1v) is 9.01. The maximum atomic E-state index is 13.1. The van der Waals surface area contributed by atoms with Crippen LogP contribution in [0.4, 0.5) is 5.69 Å². The van der Waals surface area contributed by atoms with Crippen LogP contribution in [0.15, 0.2) is 41.6 Å². The van der Waals surface area contributed by atoms with Gasteiger partial charge in [0.15, 0.2) is 11.5 Å². The number of rotatable bonds is 4. The molecule has 28 heavy (non-hydrogen) atoms. The van der Waals surface area contributed by atoms with Crippen molar-refractivity contribution in [3.63, 3.8) is 0 Å². The van der Waals surface area contributed by atoms with Gasteiger partial charge in [-0.25, -0.2) is 4.90 Å². The molecule has 1 fully saturated rings. The average molecular weight is 421 g/mol. The average Bonchev–Trinajstić information content (AvgIpc) is 3.24. The molecule has 2 amide bonds. The predicted molar refractivity (Wildman–Crippen MR) is 103 cm³/mol. The largest absolute Gasteiger partial charge is 0.493 e. The maximum absolute atomic E-state index is 13.1. The Morgan fingerprint density at radius 1 is 1.00 bits per heavy atom. The van der Waals surface area contributed by atoms with Crippen LogP contribution in [0.25, 0.3) is 0 Å². The summed E-state index contributed by atoms with van der Waals surface area (Å²) in [7, 11) is 3.03. The third kappa shape index (κ3) is 2.78. The molecule has 0 saturated carbocycles. The van der Waals surface area contributed by atoms with Crippen LogP contribution < -0.4 is 14.4 Å². The summed E-state index contributed by atoms with van der Waals surface area (Å²) in [4.78, 5) is 32.2. The molecule has 0 bridgehead atoms. The Kier molecular flexibility index (Phi) is 4.64. The zero-order valence-electron chi connectivity index (χ0n) is 14.8. The number of hydrogen-bond acceptors (Lipinski definition) is 6. The van der Waals surface area contributed by atoms with Gasteiger partial charge >= 0.3 is 0 Å². The molecule has 2 heterocycles. The zero-order chi connectivity index (χ0) is 20.0. The van der Waals surface area contributed by atoms with Crippen molar-refractivity contribution in [3.05, 3.63) is 52.0 Å².